The molecule has 3 aromatic carbocycles. The van der Waals surface area contributed by atoms with Crippen LogP contribution in [-0.4, -0.2) is 44.1 Å². The quantitative estimate of drug-likeness (QED) is 0.345. The van der Waals surface area contributed by atoms with E-state index in [2.05, 4.69) is 0 Å². The van der Waals surface area contributed by atoms with E-state index in [1.807, 2.05) is 68.4 Å². The lowest BCUT2D eigenvalue weighted by atomic mass is 9.94. The molecular formula is C28H26N2O5. The Morgan fingerprint density at radius 3 is 2.34 bits per heavy atom. The van der Waals surface area contributed by atoms with Crippen molar-refractivity contribution in [2.24, 2.45) is 0 Å². The van der Waals surface area contributed by atoms with Gasteiger partial charge in [0.1, 0.15) is 19.0 Å². The second kappa shape index (κ2) is 8.83. The average Bonchev–Trinajstić information content (AvgIpc) is 3.13. The van der Waals surface area contributed by atoms with Crippen molar-refractivity contribution in [3.05, 3.63) is 89.0 Å². The van der Waals surface area contributed by atoms with Crippen molar-refractivity contribution in [2.45, 2.75) is 13.0 Å². The average molecular weight is 471 g/mol. The molecule has 2 heterocycles. The fraction of sp³-hybridized carbons (Fsp3) is 0.214. The van der Waals surface area contributed by atoms with Crippen LogP contribution in [0.25, 0.3) is 5.76 Å². The first kappa shape index (κ1) is 22.5. The number of Topliss-reactive ketones (excluding diaryl/α,β-unsaturated/α-hetero) is 1. The predicted octanol–water partition coefficient (Wildman–Crippen LogP) is 4.46. The van der Waals surface area contributed by atoms with Crippen molar-refractivity contribution in [3.8, 4) is 11.5 Å². The third-order valence-electron chi connectivity index (χ3n) is 6.27. The highest BCUT2D eigenvalue weighted by Crippen LogP contribution is 2.43. The minimum Gasteiger partial charge on any atom is -0.507 e. The Morgan fingerprint density at radius 1 is 0.943 bits per heavy atom. The first-order chi connectivity index (χ1) is 16.8. The number of benzene rings is 3. The van der Waals surface area contributed by atoms with Gasteiger partial charge in [-0.05, 0) is 60.5 Å². The van der Waals surface area contributed by atoms with Gasteiger partial charge in [-0.1, -0.05) is 24.3 Å². The standard InChI is InChI=1S/C28H26N2O5/c1-17-5-4-6-21(15-17)30-25(18-7-10-20(11-8-18)29(2)3)24(27(32)28(30)33)26(31)19-9-12-22-23(16-19)35-14-13-34-22/h4-12,15-16,25,31H,13-14H2,1-3H3/b26-24-. The summed E-state index contributed by atoms with van der Waals surface area (Å²) in [5.41, 5.74) is 3.66. The largest absolute Gasteiger partial charge is 0.507 e. The van der Waals surface area contributed by atoms with Crippen LogP contribution in [0.15, 0.2) is 72.3 Å². The zero-order chi connectivity index (χ0) is 24.7. The number of anilines is 2. The molecule has 1 amide bonds. The van der Waals surface area contributed by atoms with Gasteiger partial charge in [-0.15, -0.1) is 0 Å². The SMILES string of the molecule is Cc1cccc(N2C(=O)C(=O)/C(=C(\O)c3ccc4c(c3)OCCO4)C2c2ccc(N(C)C)cc2)c1. The number of amides is 1. The maximum absolute atomic E-state index is 13.4. The summed E-state index contributed by atoms with van der Waals surface area (Å²) in [4.78, 5) is 30.1. The number of ketones is 1. The lowest BCUT2D eigenvalue weighted by Crippen LogP contribution is -2.29. The number of fused-ring (bicyclic) bond motifs is 1. The number of hydrogen-bond donors (Lipinski definition) is 1. The summed E-state index contributed by atoms with van der Waals surface area (Å²) >= 11 is 0. The van der Waals surface area contributed by atoms with Gasteiger partial charge in [-0.25, -0.2) is 0 Å². The minimum absolute atomic E-state index is 0.0331. The summed E-state index contributed by atoms with van der Waals surface area (Å²) in [7, 11) is 3.88. The molecule has 0 spiro atoms. The molecule has 2 aliphatic rings. The van der Waals surface area contributed by atoms with E-state index in [0.717, 1.165) is 16.8 Å². The van der Waals surface area contributed by atoms with Gasteiger partial charge in [0.25, 0.3) is 11.7 Å². The number of aryl methyl sites for hydroxylation is 1. The summed E-state index contributed by atoms with van der Waals surface area (Å²) in [5, 5.41) is 11.4. The van der Waals surface area contributed by atoms with Crippen LogP contribution < -0.4 is 19.3 Å². The first-order valence-electron chi connectivity index (χ1n) is 11.4. The second-order valence-corrected chi connectivity index (χ2v) is 8.85. The van der Waals surface area contributed by atoms with Crippen LogP contribution in [0, 0.1) is 6.92 Å². The maximum Gasteiger partial charge on any atom is 0.300 e. The molecular weight excluding hydrogens is 444 g/mol. The van der Waals surface area contributed by atoms with Crippen molar-refractivity contribution < 1.29 is 24.2 Å². The second-order valence-electron chi connectivity index (χ2n) is 8.85. The smallest absolute Gasteiger partial charge is 0.300 e. The van der Waals surface area contributed by atoms with Crippen LogP contribution in [-0.2, 0) is 9.59 Å². The molecule has 0 aliphatic carbocycles. The van der Waals surface area contributed by atoms with Gasteiger partial charge in [0.2, 0.25) is 0 Å². The van der Waals surface area contributed by atoms with E-state index < -0.39 is 17.7 Å². The van der Waals surface area contributed by atoms with Gasteiger partial charge in [0.15, 0.2) is 11.5 Å². The third kappa shape index (κ3) is 3.99. The van der Waals surface area contributed by atoms with E-state index in [-0.39, 0.29) is 11.3 Å². The zero-order valence-corrected chi connectivity index (χ0v) is 19.8. The molecule has 0 aromatic heterocycles. The fourth-order valence-corrected chi connectivity index (χ4v) is 4.49. The minimum atomic E-state index is -0.791. The van der Waals surface area contributed by atoms with Crippen LogP contribution in [0.4, 0.5) is 11.4 Å². The highest BCUT2D eigenvalue weighted by molar-refractivity contribution is 6.51. The molecule has 1 N–H and O–H groups in total. The summed E-state index contributed by atoms with van der Waals surface area (Å²) in [6.45, 7) is 2.77. The van der Waals surface area contributed by atoms with Crippen molar-refractivity contribution in [3.63, 3.8) is 0 Å². The van der Waals surface area contributed by atoms with E-state index in [1.165, 1.54) is 4.90 Å². The Labute approximate surface area is 203 Å². The number of ether oxygens (including phenoxy) is 2. The number of rotatable bonds is 4. The van der Waals surface area contributed by atoms with E-state index in [0.29, 0.717) is 36.0 Å². The highest BCUT2D eigenvalue weighted by Gasteiger charge is 2.47. The molecule has 5 rings (SSSR count). The Bertz CT molecular complexity index is 1340. The number of carbonyl (C=O) groups is 2. The molecule has 2 aliphatic heterocycles. The number of aliphatic hydroxyl groups excluding tert-OH is 1. The molecule has 7 heteroatoms. The van der Waals surface area contributed by atoms with Gasteiger partial charge in [0.05, 0.1) is 11.6 Å². The van der Waals surface area contributed by atoms with Gasteiger partial charge in [-0.2, -0.15) is 0 Å². The summed E-state index contributed by atoms with van der Waals surface area (Å²) in [5.74, 6) is -0.613. The van der Waals surface area contributed by atoms with E-state index in [4.69, 9.17) is 9.47 Å². The van der Waals surface area contributed by atoms with Crippen LogP contribution >= 0.6 is 0 Å². The van der Waals surface area contributed by atoms with Crippen LogP contribution in [0.1, 0.15) is 22.7 Å². The fourth-order valence-electron chi connectivity index (χ4n) is 4.49. The molecule has 1 fully saturated rings. The summed E-state index contributed by atoms with van der Waals surface area (Å²) in [6, 6.07) is 19.2. The highest BCUT2D eigenvalue weighted by atomic mass is 16.6. The lowest BCUT2D eigenvalue weighted by Gasteiger charge is -2.26. The first-order valence-corrected chi connectivity index (χ1v) is 11.4. The molecule has 0 bridgehead atoms. The normalized spacial score (nSPS) is 18.6. The van der Waals surface area contributed by atoms with Gasteiger partial charge < -0.3 is 19.5 Å². The molecule has 1 unspecified atom stereocenters. The Balaban J connectivity index is 1.68. The number of hydrogen-bond acceptors (Lipinski definition) is 6. The topological polar surface area (TPSA) is 79.3 Å². The van der Waals surface area contributed by atoms with E-state index >= 15 is 0 Å². The third-order valence-corrected chi connectivity index (χ3v) is 6.27. The summed E-state index contributed by atoms with van der Waals surface area (Å²) in [6.07, 6.45) is 0. The van der Waals surface area contributed by atoms with Gasteiger partial charge in [0, 0.05) is 31.0 Å². The van der Waals surface area contributed by atoms with Crippen LogP contribution in [0.3, 0.4) is 0 Å². The lowest BCUT2D eigenvalue weighted by molar-refractivity contribution is -0.132. The molecule has 3 aromatic rings. The van der Waals surface area contributed by atoms with Gasteiger partial charge >= 0.3 is 0 Å². The summed E-state index contributed by atoms with van der Waals surface area (Å²) < 4.78 is 11.2. The predicted molar refractivity (Wildman–Crippen MR) is 134 cm³/mol. The molecule has 0 saturated carbocycles. The number of nitrogens with zero attached hydrogens (tertiary/aromatic N) is 2. The van der Waals surface area contributed by atoms with E-state index in [9.17, 15) is 14.7 Å². The van der Waals surface area contributed by atoms with Crippen LogP contribution in [0.5, 0.6) is 11.5 Å². The van der Waals surface area contributed by atoms with Crippen molar-refractivity contribution in [2.75, 3.05) is 37.1 Å². The molecule has 1 atom stereocenters. The zero-order valence-electron chi connectivity index (χ0n) is 19.8. The maximum atomic E-state index is 13.4. The number of aliphatic hydroxyl groups is 1. The molecule has 0 radical (unpaired) electrons. The van der Waals surface area contributed by atoms with Crippen LogP contribution in [0.2, 0.25) is 0 Å². The Morgan fingerprint density at radius 2 is 1.66 bits per heavy atom. The Hall–Kier alpha value is -4.26. The number of carbonyl (C=O) groups excluding carboxylic acids is 2. The Kier molecular flexibility index (Phi) is 5.68. The van der Waals surface area contributed by atoms with Crippen molar-refractivity contribution >= 4 is 28.8 Å². The monoisotopic (exact) mass is 470 g/mol. The molecule has 178 valence electrons. The molecule has 1 saturated heterocycles. The van der Waals surface area contributed by atoms with Crippen molar-refractivity contribution in [1.82, 2.24) is 0 Å². The molecule has 7 nitrogen and oxygen atoms in total. The van der Waals surface area contributed by atoms with Crippen molar-refractivity contribution in [1.29, 1.82) is 0 Å². The van der Waals surface area contributed by atoms with E-state index in [1.54, 1.807) is 24.3 Å². The molecule has 35 heavy (non-hydrogen) atoms. The van der Waals surface area contributed by atoms with Gasteiger partial charge in [-0.3, -0.25) is 14.5 Å².